The van der Waals surface area contributed by atoms with Crippen LogP contribution < -0.4 is 0 Å². The van der Waals surface area contributed by atoms with E-state index in [9.17, 15) is 17.6 Å². The molecule has 0 heterocycles. The summed E-state index contributed by atoms with van der Waals surface area (Å²) in [6.07, 6.45) is -2.43. The second-order valence-corrected chi connectivity index (χ2v) is 3.12. The lowest BCUT2D eigenvalue weighted by atomic mass is 10.2. The Labute approximate surface area is 55.2 Å². The first kappa shape index (κ1) is 6.43. The Bertz CT molecular complexity index is 179. The van der Waals surface area contributed by atoms with E-state index in [-0.39, 0.29) is 6.42 Å². The van der Waals surface area contributed by atoms with Gasteiger partial charge in [-0.2, -0.15) is 0 Å². The van der Waals surface area contributed by atoms with Gasteiger partial charge in [0.15, 0.2) is 5.67 Å². The van der Waals surface area contributed by atoms with E-state index in [2.05, 4.69) is 0 Å². The van der Waals surface area contributed by atoms with E-state index in [4.69, 9.17) is 0 Å². The first-order chi connectivity index (χ1) is 4.47. The van der Waals surface area contributed by atoms with Crippen LogP contribution in [0.1, 0.15) is 12.8 Å². The summed E-state index contributed by atoms with van der Waals surface area (Å²) < 4.78 is 49.0. The summed E-state index contributed by atoms with van der Waals surface area (Å²) in [7, 11) is 0. The maximum absolute atomic E-state index is 12.7. The average Bonchev–Trinajstić information content (AvgIpc) is 2.54. The second-order valence-electron chi connectivity index (χ2n) is 3.12. The molecular formula is C6H6F4. The summed E-state index contributed by atoms with van der Waals surface area (Å²) >= 11 is 0. The number of alkyl halides is 4. The van der Waals surface area contributed by atoms with Crippen LogP contribution in [-0.4, -0.2) is 17.8 Å². The molecule has 58 valence electrons. The summed E-state index contributed by atoms with van der Waals surface area (Å²) in [4.78, 5) is 0. The van der Waals surface area contributed by atoms with Crippen LogP contribution in [0, 0.1) is 5.92 Å². The number of hydrogen-bond acceptors (Lipinski definition) is 0. The first-order valence-electron chi connectivity index (χ1n) is 3.17. The Kier molecular flexibility index (Phi) is 0.860. The van der Waals surface area contributed by atoms with Crippen molar-refractivity contribution in [3.8, 4) is 0 Å². The Balaban J connectivity index is 2.05. The van der Waals surface area contributed by atoms with Crippen molar-refractivity contribution in [2.75, 3.05) is 0 Å². The zero-order valence-corrected chi connectivity index (χ0v) is 5.08. The molecule has 4 heteroatoms. The molecule has 0 saturated heterocycles. The molecule has 10 heavy (non-hydrogen) atoms. The maximum Gasteiger partial charge on any atom is 0.254 e. The molecule has 2 aliphatic carbocycles. The molecule has 0 aromatic carbocycles. The lowest BCUT2D eigenvalue weighted by Crippen LogP contribution is -2.13. The van der Waals surface area contributed by atoms with Gasteiger partial charge in [0.1, 0.15) is 6.17 Å². The minimum absolute atomic E-state index is 0.326. The maximum atomic E-state index is 12.7. The molecule has 0 N–H and O–H groups in total. The van der Waals surface area contributed by atoms with Gasteiger partial charge in [-0.3, -0.25) is 0 Å². The predicted molar refractivity (Wildman–Crippen MR) is 26.4 cm³/mol. The van der Waals surface area contributed by atoms with Gasteiger partial charge in [-0.15, -0.1) is 0 Å². The van der Waals surface area contributed by atoms with E-state index < -0.39 is 30.1 Å². The first-order valence-corrected chi connectivity index (χ1v) is 3.17. The summed E-state index contributed by atoms with van der Waals surface area (Å²) in [5, 5.41) is 0. The lowest BCUT2D eigenvalue weighted by Gasteiger charge is -2.00. The largest absolute Gasteiger partial charge is 0.254 e. The molecular weight excluding hydrogens is 148 g/mol. The van der Waals surface area contributed by atoms with E-state index in [1.54, 1.807) is 0 Å². The Morgan fingerprint density at radius 2 is 1.50 bits per heavy atom. The predicted octanol–water partition coefficient (Wildman–Crippen LogP) is 2.09. The fourth-order valence-corrected chi connectivity index (χ4v) is 1.31. The van der Waals surface area contributed by atoms with Gasteiger partial charge in [-0.05, 0) is 0 Å². The van der Waals surface area contributed by atoms with Gasteiger partial charge in [0, 0.05) is 12.8 Å². The van der Waals surface area contributed by atoms with Crippen LogP contribution in [0.2, 0.25) is 0 Å². The van der Waals surface area contributed by atoms with Gasteiger partial charge in [0.2, 0.25) is 0 Å². The highest BCUT2D eigenvalue weighted by Gasteiger charge is 2.77. The molecule has 0 aromatic rings. The zero-order chi connectivity index (χ0) is 7.57. The summed E-state index contributed by atoms with van der Waals surface area (Å²) in [5.74, 6) is -4.25. The van der Waals surface area contributed by atoms with Gasteiger partial charge >= 0.3 is 0 Å². The van der Waals surface area contributed by atoms with E-state index in [0.29, 0.717) is 0 Å². The normalized spacial score (nSPS) is 56.4. The molecule has 3 atom stereocenters. The highest BCUT2D eigenvalue weighted by molar-refractivity contribution is 5.20. The third kappa shape index (κ3) is 0.620. The Morgan fingerprint density at radius 1 is 1.10 bits per heavy atom. The van der Waals surface area contributed by atoms with E-state index in [0.717, 1.165) is 0 Å². The van der Waals surface area contributed by atoms with Crippen molar-refractivity contribution in [1.82, 2.24) is 0 Å². The molecule has 2 saturated carbocycles. The molecule has 2 fully saturated rings. The number of halogens is 4. The quantitative estimate of drug-likeness (QED) is 0.507. The van der Waals surface area contributed by atoms with Gasteiger partial charge in [0.25, 0.3) is 5.92 Å². The second kappa shape index (κ2) is 1.34. The molecule has 3 unspecified atom stereocenters. The highest BCUT2D eigenvalue weighted by Crippen LogP contribution is 2.65. The third-order valence-electron chi connectivity index (χ3n) is 2.26. The van der Waals surface area contributed by atoms with Crippen molar-refractivity contribution in [3.63, 3.8) is 0 Å². The molecule has 0 amide bonds. The number of hydrogen-bond donors (Lipinski definition) is 0. The van der Waals surface area contributed by atoms with Gasteiger partial charge in [-0.25, -0.2) is 17.6 Å². The third-order valence-corrected chi connectivity index (χ3v) is 2.26. The van der Waals surface area contributed by atoms with Crippen LogP contribution in [0.25, 0.3) is 0 Å². The molecule has 2 rings (SSSR count). The molecule has 0 radical (unpaired) electrons. The van der Waals surface area contributed by atoms with Gasteiger partial charge in [0.05, 0.1) is 5.92 Å². The van der Waals surface area contributed by atoms with Crippen molar-refractivity contribution < 1.29 is 17.6 Å². The van der Waals surface area contributed by atoms with Gasteiger partial charge < -0.3 is 0 Å². The Hall–Kier alpha value is -0.280. The van der Waals surface area contributed by atoms with E-state index in [1.165, 1.54) is 0 Å². The molecule has 2 aliphatic rings. The monoisotopic (exact) mass is 154 g/mol. The fourth-order valence-electron chi connectivity index (χ4n) is 1.31. The topological polar surface area (TPSA) is 0 Å². The smallest absolute Gasteiger partial charge is 0.244 e. The summed E-state index contributed by atoms with van der Waals surface area (Å²) in [6.45, 7) is 0. The van der Waals surface area contributed by atoms with Crippen LogP contribution in [-0.2, 0) is 0 Å². The van der Waals surface area contributed by atoms with Crippen LogP contribution in [0.3, 0.4) is 0 Å². The minimum atomic E-state index is -2.92. The fraction of sp³-hybridized carbons (Fsp3) is 1.00. The molecule has 0 nitrogen and oxygen atoms in total. The SMILES string of the molecule is FC1CC1(F)C1CC1(F)F. The van der Waals surface area contributed by atoms with Crippen LogP contribution in [0.15, 0.2) is 0 Å². The number of rotatable bonds is 1. The van der Waals surface area contributed by atoms with Crippen molar-refractivity contribution in [3.05, 3.63) is 0 Å². The average molecular weight is 154 g/mol. The Morgan fingerprint density at radius 3 is 1.60 bits per heavy atom. The molecule has 0 bridgehead atoms. The molecule has 0 spiro atoms. The van der Waals surface area contributed by atoms with Gasteiger partial charge in [-0.1, -0.05) is 0 Å². The van der Waals surface area contributed by atoms with Crippen LogP contribution in [0.5, 0.6) is 0 Å². The summed E-state index contributed by atoms with van der Waals surface area (Å²) in [6, 6.07) is 0. The van der Waals surface area contributed by atoms with E-state index >= 15 is 0 Å². The lowest BCUT2D eigenvalue weighted by molar-refractivity contribution is 0.0629. The van der Waals surface area contributed by atoms with Crippen LogP contribution >= 0.6 is 0 Å². The van der Waals surface area contributed by atoms with Crippen LogP contribution in [0.4, 0.5) is 17.6 Å². The van der Waals surface area contributed by atoms with E-state index in [1.807, 2.05) is 0 Å². The summed E-state index contributed by atoms with van der Waals surface area (Å²) in [5.41, 5.74) is -2.16. The van der Waals surface area contributed by atoms with Crippen molar-refractivity contribution >= 4 is 0 Å². The molecule has 0 aliphatic heterocycles. The minimum Gasteiger partial charge on any atom is -0.244 e. The van der Waals surface area contributed by atoms with Crippen molar-refractivity contribution in [2.24, 2.45) is 5.92 Å². The zero-order valence-electron chi connectivity index (χ0n) is 5.08. The van der Waals surface area contributed by atoms with Crippen molar-refractivity contribution in [2.45, 2.75) is 30.6 Å². The highest BCUT2D eigenvalue weighted by atomic mass is 19.3. The van der Waals surface area contributed by atoms with Crippen molar-refractivity contribution in [1.29, 1.82) is 0 Å². The molecule has 0 aromatic heterocycles. The standard InChI is InChI=1S/C6H6F4/c7-4-2-5(4,8)3-1-6(3,9)10/h3-4H,1-2H2.